The highest BCUT2D eigenvalue weighted by atomic mass is 32.2. The van der Waals surface area contributed by atoms with Gasteiger partial charge >= 0.3 is 6.03 Å². The Morgan fingerprint density at radius 3 is 2.57 bits per heavy atom. The number of hydrogen-bond acceptors (Lipinski definition) is 5. The third kappa shape index (κ3) is 4.38. The molecular formula is C20H25N3O3S2. The Morgan fingerprint density at radius 2 is 1.86 bits per heavy atom. The number of aryl methyl sites for hydroxylation is 2. The Hall–Kier alpha value is -1.93. The van der Waals surface area contributed by atoms with Crippen LogP contribution in [-0.2, 0) is 28.4 Å². The van der Waals surface area contributed by atoms with Crippen LogP contribution in [-0.4, -0.2) is 42.7 Å². The number of fused-ring (bicyclic) bond motifs is 1. The van der Waals surface area contributed by atoms with Crippen LogP contribution in [0.1, 0.15) is 41.8 Å². The fourth-order valence-electron chi connectivity index (χ4n) is 3.92. The van der Waals surface area contributed by atoms with E-state index in [1.165, 1.54) is 11.3 Å². The van der Waals surface area contributed by atoms with E-state index in [9.17, 15) is 13.2 Å². The molecule has 8 heteroatoms. The first-order valence-electron chi connectivity index (χ1n) is 9.81. The van der Waals surface area contributed by atoms with Gasteiger partial charge in [-0.05, 0) is 44.1 Å². The summed E-state index contributed by atoms with van der Waals surface area (Å²) in [4.78, 5) is 20.1. The number of piperidine rings is 1. The number of nitrogens with one attached hydrogen (secondary N) is 1. The van der Waals surface area contributed by atoms with E-state index in [1.807, 2.05) is 30.3 Å². The zero-order valence-corrected chi connectivity index (χ0v) is 17.4. The van der Waals surface area contributed by atoms with Gasteiger partial charge < -0.3 is 4.90 Å². The number of benzene rings is 1. The third-order valence-electron chi connectivity index (χ3n) is 5.51. The van der Waals surface area contributed by atoms with Crippen molar-refractivity contribution in [1.82, 2.24) is 9.88 Å². The molecule has 1 aliphatic heterocycles. The number of anilines is 1. The van der Waals surface area contributed by atoms with Gasteiger partial charge in [0.1, 0.15) is 0 Å². The molecule has 28 heavy (non-hydrogen) atoms. The quantitative estimate of drug-likeness (QED) is 0.821. The first-order valence-corrected chi connectivity index (χ1v) is 12.3. The fourth-order valence-corrected chi connectivity index (χ4v) is 6.78. The Bertz CT molecular complexity index is 909. The van der Waals surface area contributed by atoms with Gasteiger partial charge in [0, 0.05) is 18.0 Å². The van der Waals surface area contributed by atoms with Crippen LogP contribution in [0.5, 0.6) is 0 Å². The number of carbonyl (C=O) groups is 1. The molecule has 2 heterocycles. The van der Waals surface area contributed by atoms with E-state index in [1.54, 1.807) is 16.2 Å². The first-order chi connectivity index (χ1) is 13.5. The number of amides is 2. The van der Waals surface area contributed by atoms with Crippen molar-refractivity contribution in [3.63, 3.8) is 0 Å². The molecule has 0 unspecified atom stereocenters. The SMILES string of the molecule is O=C(Nc1nc2c(s1)CCCC2)N1CCC(S(=O)(=O)Cc2ccccc2)CC1. The van der Waals surface area contributed by atoms with Crippen LogP contribution in [0.25, 0.3) is 0 Å². The van der Waals surface area contributed by atoms with Gasteiger partial charge in [-0.2, -0.15) is 0 Å². The number of urea groups is 1. The van der Waals surface area contributed by atoms with Gasteiger partial charge in [-0.1, -0.05) is 30.3 Å². The van der Waals surface area contributed by atoms with Gasteiger partial charge in [0.15, 0.2) is 15.0 Å². The monoisotopic (exact) mass is 419 g/mol. The zero-order valence-electron chi connectivity index (χ0n) is 15.8. The molecule has 4 rings (SSSR count). The second-order valence-corrected chi connectivity index (χ2v) is 10.9. The van der Waals surface area contributed by atoms with Gasteiger partial charge in [0.2, 0.25) is 0 Å². The highest BCUT2D eigenvalue weighted by molar-refractivity contribution is 7.91. The predicted octanol–water partition coefficient (Wildman–Crippen LogP) is 3.63. The van der Waals surface area contributed by atoms with Crippen LogP contribution in [0.2, 0.25) is 0 Å². The molecule has 1 aromatic heterocycles. The van der Waals surface area contributed by atoms with Crippen LogP contribution in [0.3, 0.4) is 0 Å². The van der Waals surface area contributed by atoms with Gasteiger partial charge in [-0.25, -0.2) is 18.2 Å². The lowest BCUT2D eigenvalue weighted by atomic mass is 10.0. The highest BCUT2D eigenvalue weighted by Crippen LogP contribution is 2.30. The molecule has 0 spiro atoms. The molecule has 1 fully saturated rings. The van der Waals surface area contributed by atoms with E-state index in [0.29, 0.717) is 31.1 Å². The number of thiazole rings is 1. The molecule has 1 aliphatic carbocycles. The van der Waals surface area contributed by atoms with E-state index < -0.39 is 9.84 Å². The average molecular weight is 420 g/mol. The van der Waals surface area contributed by atoms with Crippen molar-refractivity contribution in [3.05, 3.63) is 46.5 Å². The maximum Gasteiger partial charge on any atom is 0.323 e. The van der Waals surface area contributed by atoms with Gasteiger partial charge in [0.25, 0.3) is 0 Å². The van der Waals surface area contributed by atoms with E-state index in [-0.39, 0.29) is 17.0 Å². The average Bonchev–Trinajstić information content (AvgIpc) is 3.11. The molecular weight excluding hydrogens is 394 g/mol. The normalized spacial score (nSPS) is 17.9. The molecule has 1 aromatic carbocycles. The van der Waals surface area contributed by atoms with Crippen molar-refractivity contribution >= 4 is 32.3 Å². The Labute approximate surface area is 169 Å². The van der Waals surface area contributed by atoms with Crippen molar-refractivity contribution < 1.29 is 13.2 Å². The third-order valence-corrected chi connectivity index (χ3v) is 8.80. The molecule has 1 N–H and O–H groups in total. The number of hydrogen-bond donors (Lipinski definition) is 1. The number of sulfone groups is 1. The molecule has 150 valence electrons. The second-order valence-electron chi connectivity index (χ2n) is 7.51. The van der Waals surface area contributed by atoms with Gasteiger partial charge in [-0.15, -0.1) is 11.3 Å². The summed E-state index contributed by atoms with van der Waals surface area (Å²) in [5.74, 6) is 0.0649. The summed E-state index contributed by atoms with van der Waals surface area (Å²) in [6.07, 6.45) is 5.36. The van der Waals surface area contributed by atoms with Gasteiger partial charge in [0.05, 0.1) is 16.7 Å². The standard InChI is InChI=1S/C20H25N3O3S2/c24-20(22-19-21-17-8-4-5-9-18(17)27-19)23-12-10-16(11-13-23)28(25,26)14-15-6-2-1-3-7-15/h1-3,6-7,16H,4-5,8-14H2,(H,21,22,24). The number of likely N-dealkylation sites (tertiary alicyclic amines) is 1. The summed E-state index contributed by atoms with van der Waals surface area (Å²) in [5.41, 5.74) is 1.94. The molecule has 2 aliphatic rings. The largest absolute Gasteiger partial charge is 0.324 e. The van der Waals surface area contributed by atoms with E-state index >= 15 is 0 Å². The van der Waals surface area contributed by atoms with Crippen molar-refractivity contribution in [2.75, 3.05) is 18.4 Å². The molecule has 0 atom stereocenters. The molecule has 1 saturated heterocycles. The minimum absolute atomic E-state index is 0.0649. The van der Waals surface area contributed by atoms with Crippen molar-refractivity contribution in [2.24, 2.45) is 0 Å². The summed E-state index contributed by atoms with van der Waals surface area (Å²) < 4.78 is 25.4. The summed E-state index contributed by atoms with van der Waals surface area (Å²) in [7, 11) is -3.22. The molecule has 0 radical (unpaired) electrons. The minimum Gasteiger partial charge on any atom is -0.324 e. The van der Waals surface area contributed by atoms with Crippen LogP contribution < -0.4 is 5.32 Å². The number of nitrogens with zero attached hydrogens (tertiary/aromatic N) is 2. The smallest absolute Gasteiger partial charge is 0.323 e. The second kappa shape index (κ2) is 8.21. The molecule has 2 amide bonds. The molecule has 6 nitrogen and oxygen atoms in total. The Morgan fingerprint density at radius 1 is 1.14 bits per heavy atom. The minimum atomic E-state index is -3.22. The van der Waals surface area contributed by atoms with E-state index in [4.69, 9.17) is 0 Å². The maximum absolute atomic E-state index is 12.7. The fraction of sp³-hybridized carbons (Fsp3) is 0.500. The summed E-state index contributed by atoms with van der Waals surface area (Å²) >= 11 is 1.57. The summed E-state index contributed by atoms with van der Waals surface area (Å²) in [6, 6.07) is 9.10. The molecule has 0 bridgehead atoms. The maximum atomic E-state index is 12.7. The van der Waals surface area contributed by atoms with Crippen LogP contribution in [0.15, 0.2) is 30.3 Å². The number of aromatic nitrogens is 1. The summed E-state index contributed by atoms with van der Waals surface area (Å²) in [5, 5.41) is 3.18. The van der Waals surface area contributed by atoms with Crippen LogP contribution in [0, 0.1) is 0 Å². The Balaban J connectivity index is 1.32. The Kier molecular flexibility index (Phi) is 5.68. The molecule has 2 aromatic rings. The lowest BCUT2D eigenvalue weighted by Crippen LogP contribution is -2.44. The highest BCUT2D eigenvalue weighted by Gasteiger charge is 2.32. The van der Waals surface area contributed by atoms with Crippen LogP contribution in [0.4, 0.5) is 9.93 Å². The number of rotatable bonds is 4. The summed E-state index contributed by atoms with van der Waals surface area (Å²) in [6.45, 7) is 0.908. The zero-order chi connectivity index (χ0) is 19.6. The first kappa shape index (κ1) is 19.4. The van der Waals surface area contributed by atoms with Crippen molar-refractivity contribution in [1.29, 1.82) is 0 Å². The van der Waals surface area contributed by atoms with E-state index in [0.717, 1.165) is 30.5 Å². The lowest BCUT2D eigenvalue weighted by Gasteiger charge is -2.31. The topological polar surface area (TPSA) is 79.4 Å². The number of carbonyl (C=O) groups excluding carboxylic acids is 1. The van der Waals surface area contributed by atoms with Crippen molar-refractivity contribution in [2.45, 2.75) is 49.5 Å². The predicted molar refractivity (Wildman–Crippen MR) is 111 cm³/mol. The van der Waals surface area contributed by atoms with E-state index in [2.05, 4.69) is 10.3 Å². The van der Waals surface area contributed by atoms with Gasteiger partial charge in [-0.3, -0.25) is 5.32 Å². The lowest BCUT2D eigenvalue weighted by molar-refractivity contribution is 0.200. The molecule has 0 saturated carbocycles. The van der Waals surface area contributed by atoms with Crippen LogP contribution >= 0.6 is 11.3 Å². The van der Waals surface area contributed by atoms with Crippen molar-refractivity contribution in [3.8, 4) is 0 Å².